The highest BCUT2D eigenvalue weighted by Crippen LogP contribution is 2.42. The molecule has 1 saturated heterocycles. The van der Waals surface area contributed by atoms with Crippen molar-refractivity contribution < 1.29 is 27.8 Å². The number of pyridine rings is 1. The molecule has 5 rings (SSSR count). The number of rotatable bonds is 5. The van der Waals surface area contributed by atoms with Crippen LogP contribution in [0.5, 0.6) is 11.5 Å². The molecule has 1 aliphatic heterocycles. The SMILES string of the molecule is CN1C(C)(C)CC(Nc2ncc(-c3c(O)cc(-c4ccc5ncccc5c4)cc3OC(=O)C(F)(F)F)nn2)CC1(C)C. The first-order chi connectivity index (χ1) is 19.6. The molecule has 2 aromatic heterocycles. The van der Waals surface area contributed by atoms with Crippen LogP contribution >= 0.6 is 0 Å². The molecule has 0 amide bonds. The highest BCUT2D eigenvalue weighted by atomic mass is 19.4. The molecule has 12 heteroatoms. The minimum atomic E-state index is -5.26. The minimum absolute atomic E-state index is 0.0481. The van der Waals surface area contributed by atoms with Crippen LogP contribution in [-0.2, 0) is 4.79 Å². The Morgan fingerprint density at radius 1 is 1.02 bits per heavy atom. The number of fused-ring (bicyclic) bond motifs is 1. The number of halogens is 3. The van der Waals surface area contributed by atoms with Gasteiger partial charge in [0, 0.05) is 28.7 Å². The number of nitrogens with zero attached hydrogens (tertiary/aromatic N) is 5. The van der Waals surface area contributed by atoms with Gasteiger partial charge in [0.15, 0.2) is 0 Å². The molecule has 42 heavy (non-hydrogen) atoms. The van der Waals surface area contributed by atoms with E-state index in [0.29, 0.717) is 16.6 Å². The molecule has 0 atom stereocenters. The monoisotopic (exact) mass is 580 g/mol. The van der Waals surface area contributed by atoms with Gasteiger partial charge < -0.3 is 15.2 Å². The summed E-state index contributed by atoms with van der Waals surface area (Å²) in [6.45, 7) is 8.65. The lowest BCUT2D eigenvalue weighted by Gasteiger charge is -2.53. The Morgan fingerprint density at radius 2 is 1.74 bits per heavy atom. The number of benzene rings is 2. The van der Waals surface area contributed by atoms with E-state index in [1.807, 2.05) is 6.07 Å². The van der Waals surface area contributed by atoms with Crippen molar-refractivity contribution in [1.82, 2.24) is 25.1 Å². The molecule has 4 aromatic rings. The Bertz CT molecular complexity index is 1620. The number of phenolic OH excluding ortho intramolecular Hbond substituents is 1. The molecule has 0 bridgehead atoms. The summed E-state index contributed by atoms with van der Waals surface area (Å²) in [4.78, 5) is 22.8. The lowest BCUT2D eigenvalue weighted by Crippen LogP contribution is -2.61. The molecule has 1 aliphatic rings. The number of hydrogen-bond donors (Lipinski definition) is 2. The van der Waals surface area contributed by atoms with Crippen LogP contribution in [0.4, 0.5) is 19.1 Å². The van der Waals surface area contributed by atoms with Gasteiger partial charge in [-0.05, 0) is 89.0 Å². The highest BCUT2D eigenvalue weighted by Gasteiger charge is 2.43. The smallest absolute Gasteiger partial charge is 0.491 e. The summed E-state index contributed by atoms with van der Waals surface area (Å²) in [5.74, 6) is -3.20. The van der Waals surface area contributed by atoms with Crippen LogP contribution in [0.25, 0.3) is 33.3 Å². The van der Waals surface area contributed by atoms with Gasteiger partial charge in [-0.1, -0.05) is 12.1 Å². The summed E-state index contributed by atoms with van der Waals surface area (Å²) < 4.78 is 44.3. The van der Waals surface area contributed by atoms with Gasteiger partial charge in [-0.15, -0.1) is 10.2 Å². The zero-order chi connectivity index (χ0) is 30.4. The van der Waals surface area contributed by atoms with E-state index >= 15 is 0 Å². The first-order valence-electron chi connectivity index (χ1n) is 13.4. The summed E-state index contributed by atoms with van der Waals surface area (Å²) in [6.07, 6.45) is -0.708. The predicted octanol–water partition coefficient (Wildman–Crippen LogP) is 5.99. The number of aromatic hydroxyl groups is 1. The number of aromatic nitrogens is 4. The van der Waals surface area contributed by atoms with E-state index in [9.17, 15) is 23.1 Å². The maximum absolute atomic E-state index is 13.2. The second-order valence-electron chi connectivity index (χ2n) is 11.8. The van der Waals surface area contributed by atoms with Crippen molar-refractivity contribution >= 4 is 22.8 Å². The van der Waals surface area contributed by atoms with Crippen molar-refractivity contribution in [2.75, 3.05) is 12.4 Å². The van der Waals surface area contributed by atoms with E-state index in [4.69, 9.17) is 4.74 Å². The maximum Gasteiger partial charge on any atom is 0.491 e. The zero-order valence-electron chi connectivity index (χ0n) is 23.8. The molecule has 2 N–H and O–H groups in total. The van der Waals surface area contributed by atoms with Crippen molar-refractivity contribution in [1.29, 1.82) is 0 Å². The zero-order valence-corrected chi connectivity index (χ0v) is 23.8. The van der Waals surface area contributed by atoms with E-state index < -0.39 is 23.6 Å². The molecule has 3 heterocycles. The van der Waals surface area contributed by atoms with E-state index in [-0.39, 0.29) is 34.3 Å². The van der Waals surface area contributed by atoms with Crippen molar-refractivity contribution in [2.45, 2.75) is 63.8 Å². The van der Waals surface area contributed by atoms with E-state index in [1.165, 1.54) is 18.3 Å². The summed E-state index contributed by atoms with van der Waals surface area (Å²) in [5.41, 5.74) is 1.12. The normalized spacial score (nSPS) is 17.2. The fraction of sp³-hybridized carbons (Fsp3) is 0.367. The van der Waals surface area contributed by atoms with Crippen molar-refractivity contribution in [3.63, 3.8) is 0 Å². The third-order valence-corrected chi connectivity index (χ3v) is 7.91. The number of likely N-dealkylation sites (tertiary alicyclic amines) is 1. The number of piperidine rings is 1. The van der Waals surface area contributed by atoms with Crippen LogP contribution in [-0.4, -0.2) is 66.5 Å². The predicted molar refractivity (Wildman–Crippen MR) is 152 cm³/mol. The number of carbonyl (C=O) groups excluding carboxylic acids is 1. The molecule has 0 spiro atoms. The third kappa shape index (κ3) is 5.85. The van der Waals surface area contributed by atoms with Crippen molar-refractivity contribution in [2.24, 2.45) is 0 Å². The Morgan fingerprint density at radius 3 is 2.38 bits per heavy atom. The first kappa shape index (κ1) is 29.2. The summed E-state index contributed by atoms with van der Waals surface area (Å²) >= 11 is 0. The average Bonchev–Trinajstić information content (AvgIpc) is 2.91. The van der Waals surface area contributed by atoms with E-state index in [2.05, 4.69) is 65.1 Å². The van der Waals surface area contributed by atoms with Gasteiger partial charge in [0.05, 0.1) is 17.3 Å². The Kier molecular flexibility index (Phi) is 7.30. The second kappa shape index (κ2) is 10.5. The standard InChI is InChI=1S/C30H31F3N6O3/c1-28(2)14-20(15-29(3,4)39(28)5)36-27-35-16-22(37-38-27)25-23(40)12-19(13-24(25)42-26(41)30(31,32)33)17-8-9-21-18(11-17)7-6-10-34-21/h6-13,16,20,40H,14-15H2,1-5H3,(H,35,36,38). The Labute approximate surface area is 240 Å². The van der Waals surface area contributed by atoms with Crippen LogP contribution in [0.3, 0.4) is 0 Å². The van der Waals surface area contributed by atoms with Gasteiger partial charge in [0.25, 0.3) is 0 Å². The lowest BCUT2D eigenvalue weighted by atomic mass is 9.77. The molecule has 0 radical (unpaired) electrons. The first-order valence-corrected chi connectivity index (χ1v) is 13.4. The van der Waals surface area contributed by atoms with E-state index in [1.54, 1.807) is 30.5 Å². The molecule has 220 valence electrons. The number of anilines is 1. The third-order valence-electron chi connectivity index (χ3n) is 7.91. The molecular weight excluding hydrogens is 549 g/mol. The van der Waals surface area contributed by atoms with Crippen LogP contribution in [0.2, 0.25) is 0 Å². The largest absolute Gasteiger partial charge is 0.507 e. The molecule has 9 nitrogen and oxygen atoms in total. The number of phenols is 1. The molecular formula is C30H31F3N6O3. The number of hydrogen-bond acceptors (Lipinski definition) is 9. The van der Waals surface area contributed by atoms with Gasteiger partial charge in [-0.25, -0.2) is 9.78 Å². The molecule has 0 saturated carbocycles. The fourth-order valence-electron chi connectivity index (χ4n) is 5.63. The lowest BCUT2D eigenvalue weighted by molar-refractivity contribution is -0.189. The summed E-state index contributed by atoms with van der Waals surface area (Å²) in [7, 11) is 2.10. The van der Waals surface area contributed by atoms with Crippen molar-refractivity contribution in [3.8, 4) is 33.9 Å². The van der Waals surface area contributed by atoms with Gasteiger partial charge >= 0.3 is 12.1 Å². The quantitative estimate of drug-likeness (QED) is 0.217. The summed E-state index contributed by atoms with van der Waals surface area (Å²) in [5, 5.41) is 23.3. The van der Waals surface area contributed by atoms with Gasteiger partial charge in [-0.3, -0.25) is 9.88 Å². The van der Waals surface area contributed by atoms with Crippen LogP contribution in [0.1, 0.15) is 40.5 Å². The van der Waals surface area contributed by atoms with Gasteiger partial charge in [0.1, 0.15) is 17.2 Å². The maximum atomic E-state index is 13.2. The topological polar surface area (TPSA) is 113 Å². The Balaban J connectivity index is 1.49. The number of carbonyl (C=O) groups is 1. The van der Waals surface area contributed by atoms with Crippen LogP contribution < -0.4 is 10.1 Å². The van der Waals surface area contributed by atoms with E-state index in [0.717, 1.165) is 18.2 Å². The fourth-order valence-corrected chi connectivity index (χ4v) is 5.63. The molecule has 0 unspecified atom stereocenters. The number of esters is 1. The van der Waals surface area contributed by atoms with Gasteiger partial charge in [-0.2, -0.15) is 13.2 Å². The second-order valence-corrected chi connectivity index (χ2v) is 11.8. The Hall–Kier alpha value is -4.32. The summed E-state index contributed by atoms with van der Waals surface area (Å²) in [6, 6.07) is 11.4. The van der Waals surface area contributed by atoms with Crippen molar-refractivity contribution in [3.05, 3.63) is 54.9 Å². The molecule has 2 aromatic carbocycles. The molecule has 1 fully saturated rings. The number of alkyl halides is 3. The highest BCUT2D eigenvalue weighted by molar-refractivity contribution is 5.88. The molecule has 0 aliphatic carbocycles. The number of nitrogens with one attached hydrogen (secondary N) is 1. The minimum Gasteiger partial charge on any atom is -0.507 e. The van der Waals surface area contributed by atoms with Crippen LogP contribution in [0.15, 0.2) is 54.9 Å². The number of ether oxygens (including phenoxy) is 1. The average molecular weight is 581 g/mol. The van der Waals surface area contributed by atoms with Crippen LogP contribution in [0, 0.1) is 0 Å². The van der Waals surface area contributed by atoms with Gasteiger partial charge in [0.2, 0.25) is 5.95 Å².